The Labute approximate surface area is 136 Å². The van der Waals surface area contributed by atoms with Gasteiger partial charge in [0.1, 0.15) is 5.75 Å². The Morgan fingerprint density at radius 1 is 1.00 bits per heavy atom. The van der Waals surface area contributed by atoms with Crippen LogP contribution in [0.5, 0.6) is 5.75 Å². The second-order valence-electron chi connectivity index (χ2n) is 4.95. The summed E-state index contributed by atoms with van der Waals surface area (Å²) in [5.74, 6) is -0.297. The molecule has 0 radical (unpaired) electrons. The van der Waals surface area contributed by atoms with Gasteiger partial charge in [0.25, 0.3) is 0 Å². The van der Waals surface area contributed by atoms with E-state index >= 15 is 0 Å². The van der Waals surface area contributed by atoms with Crippen molar-refractivity contribution >= 4 is 17.1 Å². The van der Waals surface area contributed by atoms with E-state index in [0.717, 1.165) is 11.1 Å². The summed E-state index contributed by atoms with van der Waals surface area (Å²) >= 11 is 0. The highest BCUT2D eigenvalue weighted by Gasteiger charge is 2.17. The molecule has 2 aromatic carbocycles. The van der Waals surface area contributed by atoms with Crippen molar-refractivity contribution in [1.82, 2.24) is 0 Å². The summed E-state index contributed by atoms with van der Waals surface area (Å²) in [6.45, 7) is 2.12. The highest BCUT2D eigenvalue weighted by molar-refractivity contribution is 6.23. The van der Waals surface area contributed by atoms with Crippen LogP contribution in [0.25, 0.3) is 11.1 Å². The molecule has 2 aromatic rings. The van der Waals surface area contributed by atoms with Gasteiger partial charge in [0.2, 0.25) is 0 Å². The zero-order chi connectivity index (χ0) is 16.7. The van der Waals surface area contributed by atoms with Crippen LogP contribution in [0, 0.1) is 0 Å². The predicted octanol–water partition coefficient (Wildman–Crippen LogP) is 4.07. The van der Waals surface area contributed by atoms with E-state index in [1.807, 2.05) is 37.3 Å². The molecule has 0 aliphatic carbocycles. The second kappa shape index (κ2) is 8.15. The molecule has 0 aliphatic rings. The molecule has 4 nitrogen and oxygen atoms in total. The van der Waals surface area contributed by atoms with Gasteiger partial charge in [-0.1, -0.05) is 49.4 Å². The van der Waals surface area contributed by atoms with Crippen molar-refractivity contribution in [3.63, 3.8) is 0 Å². The minimum Gasteiger partial charge on any atom is -0.478 e. The van der Waals surface area contributed by atoms with Crippen LogP contribution in [0.4, 0.5) is 0 Å². The van der Waals surface area contributed by atoms with Gasteiger partial charge in [-0.05, 0) is 35.3 Å². The number of aliphatic carboxylic acids is 1. The number of methoxy groups -OCH3 is 1. The number of benzene rings is 2. The average molecular weight is 312 g/mol. The number of hydrogen-bond donors (Lipinski definition) is 1. The Hall–Kier alpha value is -2.59. The van der Waals surface area contributed by atoms with E-state index in [2.05, 4.69) is 0 Å². The maximum atomic E-state index is 11.8. The molecule has 0 saturated carbocycles. The number of carbonyl (C=O) groups is 1. The molecule has 0 atom stereocenters. The lowest BCUT2D eigenvalue weighted by Gasteiger charge is -2.12. The highest BCUT2D eigenvalue weighted by atomic mass is 16.7. The van der Waals surface area contributed by atoms with Gasteiger partial charge in [-0.3, -0.25) is 0 Å². The lowest BCUT2D eigenvalue weighted by atomic mass is 9.93. The monoisotopic (exact) mass is 312 g/mol. The molecule has 0 aliphatic heterocycles. The predicted molar refractivity (Wildman–Crippen MR) is 90.1 cm³/mol. The minimum absolute atomic E-state index is 0.158. The third kappa shape index (κ3) is 4.20. The van der Waals surface area contributed by atoms with Crippen molar-refractivity contribution < 1.29 is 19.4 Å². The molecule has 0 saturated heterocycles. The van der Waals surface area contributed by atoms with Crippen molar-refractivity contribution in [2.45, 2.75) is 13.3 Å². The van der Waals surface area contributed by atoms with E-state index < -0.39 is 5.97 Å². The molecule has 0 unspecified atom stereocenters. The zero-order valence-electron chi connectivity index (χ0n) is 13.3. The summed E-state index contributed by atoms with van der Waals surface area (Å²) in [5.41, 5.74) is 2.70. The third-order valence-corrected chi connectivity index (χ3v) is 3.48. The van der Waals surface area contributed by atoms with E-state index in [1.54, 1.807) is 31.4 Å². The Kier molecular flexibility index (Phi) is 5.94. The normalized spacial score (nSPS) is 11.7. The molecule has 0 fully saturated rings. The van der Waals surface area contributed by atoms with Crippen molar-refractivity contribution in [2.24, 2.45) is 0 Å². The molecule has 0 heterocycles. The fraction of sp³-hybridized carbons (Fsp3) is 0.211. The quantitative estimate of drug-likeness (QED) is 0.475. The van der Waals surface area contributed by atoms with E-state index in [9.17, 15) is 9.90 Å². The number of hydrogen-bond acceptors (Lipinski definition) is 3. The SMILES string of the molecule is CC/C(=C(/C(=O)O)c1ccc(OCOC)cc1)c1ccccc1. The van der Waals surface area contributed by atoms with Gasteiger partial charge in [-0.15, -0.1) is 0 Å². The summed E-state index contributed by atoms with van der Waals surface area (Å²) in [5, 5.41) is 9.69. The molecule has 0 spiro atoms. The van der Waals surface area contributed by atoms with Gasteiger partial charge >= 0.3 is 5.97 Å². The largest absolute Gasteiger partial charge is 0.478 e. The lowest BCUT2D eigenvalue weighted by molar-refractivity contribution is -0.130. The van der Waals surface area contributed by atoms with E-state index in [4.69, 9.17) is 9.47 Å². The standard InChI is InChI=1S/C19H20O4/c1-3-17(14-7-5-4-6-8-14)18(19(20)21)15-9-11-16(12-10-15)23-13-22-2/h4-12H,3,13H2,1-2H3,(H,20,21)/b18-17-. The Bertz CT molecular complexity index is 672. The van der Waals surface area contributed by atoms with Crippen molar-refractivity contribution in [3.05, 3.63) is 65.7 Å². The van der Waals surface area contributed by atoms with Crippen LogP contribution < -0.4 is 4.74 Å². The van der Waals surface area contributed by atoms with Gasteiger partial charge in [0.05, 0.1) is 5.57 Å². The van der Waals surface area contributed by atoms with E-state index in [0.29, 0.717) is 23.3 Å². The summed E-state index contributed by atoms with van der Waals surface area (Å²) in [7, 11) is 1.55. The fourth-order valence-electron chi connectivity index (χ4n) is 2.44. The smallest absolute Gasteiger partial charge is 0.336 e. The van der Waals surface area contributed by atoms with Gasteiger partial charge in [-0.2, -0.15) is 0 Å². The highest BCUT2D eigenvalue weighted by Crippen LogP contribution is 2.30. The summed E-state index contributed by atoms with van der Waals surface area (Å²) in [4.78, 5) is 11.8. The number of ether oxygens (including phenoxy) is 2. The van der Waals surface area contributed by atoms with Crippen molar-refractivity contribution in [2.75, 3.05) is 13.9 Å². The Balaban J connectivity index is 2.45. The van der Waals surface area contributed by atoms with Crippen LogP contribution in [0.2, 0.25) is 0 Å². The molecule has 120 valence electrons. The van der Waals surface area contributed by atoms with Crippen molar-refractivity contribution in [1.29, 1.82) is 0 Å². The number of allylic oxidation sites excluding steroid dienone is 1. The average Bonchev–Trinajstić information content (AvgIpc) is 2.59. The number of carboxylic acid groups (broad SMARTS) is 1. The van der Waals surface area contributed by atoms with Gasteiger partial charge < -0.3 is 14.6 Å². The molecule has 0 aromatic heterocycles. The summed E-state index contributed by atoms with van der Waals surface area (Å²) in [6.07, 6.45) is 0.633. The lowest BCUT2D eigenvalue weighted by Crippen LogP contribution is -2.04. The van der Waals surface area contributed by atoms with Gasteiger partial charge in [0.15, 0.2) is 6.79 Å². The van der Waals surface area contributed by atoms with Crippen LogP contribution in [0.3, 0.4) is 0 Å². The fourth-order valence-corrected chi connectivity index (χ4v) is 2.44. The first-order valence-electron chi connectivity index (χ1n) is 7.41. The van der Waals surface area contributed by atoms with Crippen molar-refractivity contribution in [3.8, 4) is 5.75 Å². The first kappa shape index (κ1) is 16.8. The Morgan fingerprint density at radius 3 is 2.17 bits per heavy atom. The van der Waals surface area contributed by atoms with Crippen LogP contribution >= 0.6 is 0 Å². The summed E-state index contributed by atoms with van der Waals surface area (Å²) < 4.78 is 10.2. The first-order valence-corrected chi connectivity index (χ1v) is 7.41. The maximum Gasteiger partial charge on any atom is 0.336 e. The number of carboxylic acids is 1. The molecule has 1 N–H and O–H groups in total. The van der Waals surface area contributed by atoms with Gasteiger partial charge in [-0.25, -0.2) is 4.79 Å². The molecule has 2 rings (SSSR count). The van der Waals surface area contributed by atoms with E-state index in [1.165, 1.54) is 0 Å². The molecule has 0 amide bonds. The van der Waals surface area contributed by atoms with Crippen LogP contribution in [0.15, 0.2) is 54.6 Å². The molecule has 23 heavy (non-hydrogen) atoms. The van der Waals surface area contributed by atoms with Crippen LogP contribution in [0.1, 0.15) is 24.5 Å². The second-order valence-corrected chi connectivity index (χ2v) is 4.95. The molecular formula is C19H20O4. The molecular weight excluding hydrogens is 292 g/mol. The van der Waals surface area contributed by atoms with Gasteiger partial charge in [0, 0.05) is 7.11 Å². The topological polar surface area (TPSA) is 55.8 Å². The van der Waals surface area contributed by atoms with Crippen LogP contribution in [-0.2, 0) is 9.53 Å². The summed E-state index contributed by atoms with van der Waals surface area (Å²) in [6, 6.07) is 16.6. The number of rotatable bonds is 7. The third-order valence-electron chi connectivity index (χ3n) is 3.48. The molecule has 4 heteroatoms. The maximum absolute atomic E-state index is 11.8. The van der Waals surface area contributed by atoms with E-state index in [-0.39, 0.29) is 6.79 Å². The zero-order valence-corrected chi connectivity index (χ0v) is 13.3. The molecule has 0 bridgehead atoms. The first-order chi connectivity index (χ1) is 11.2. The minimum atomic E-state index is -0.934. The van der Waals surface area contributed by atoms with Crippen LogP contribution in [-0.4, -0.2) is 25.0 Å². The Morgan fingerprint density at radius 2 is 1.65 bits per heavy atom.